The molecule has 0 rings (SSSR count). The van der Waals surface area contributed by atoms with Gasteiger partial charge in [0.2, 0.25) is 0 Å². The Morgan fingerprint density at radius 3 is 1.88 bits per heavy atom. The number of aliphatic hydroxyl groups excluding tert-OH is 1. The van der Waals surface area contributed by atoms with Gasteiger partial charge in [-0.3, -0.25) is 4.79 Å². The van der Waals surface area contributed by atoms with E-state index in [2.05, 4.69) is 0 Å². The van der Waals surface area contributed by atoms with Crippen LogP contribution in [0, 0.1) is 0 Å². The van der Waals surface area contributed by atoms with Gasteiger partial charge in [-0.2, -0.15) is 0 Å². The van der Waals surface area contributed by atoms with E-state index >= 15 is 0 Å². The largest absolute Gasteiger partial charge is 0.512 e. The minimum atomic E-state index is -0.125. The zero-order chi connectivity index (χ0) is 5.86. The first kappa shape index (κ1) is 10.7. The van der Waals surface area contributed by atoms with E-state index in [9.17, 15) is 4.79 Å². The Labute approximate surface area is 61.3 Å². The average Bonchev–Trinajstić information content (AvgIpc) is 1.27. The van der Waals surface area contributed by atoms with Crippen LogP contribution in [0.15, 0.2) is 11.8 Å². The Kier molecular flexibility index (Phi) is 6.69. The summed E-state index contributed by atoms with van der Waals surface area (Å²) in [4.78, 5) is 10.0. The van der Waals surface area contributed by atoms with Crippen LogP contribution in [0.2, 0.25) is 0 Å². The summed E-state index contributed by atoms with van der Waals surface area (Å²) in [5.74, 6) is -0.0625. The van der Waals surface area contributed by atoms with E-state index in [1.54, 1.807) is 0 Å². The maximum Gasteiger partial charge on any atom is 0.155 e. The first-order valence-electron chi connectivity index (χ1n) is 2.01. The average molecular weight is 203 g/mol. The van der Waals surface area contributed by atoms with Crippen LogP contribution in [0.1, 0.15) is 13.8 Å². The molecule has 0 aromatic carbocycles. The molecule has 0 amide bonds. The van der Waals surface area contributed by atoms with Crippen molar-refractivity contribution in [1.82, 2.24) is 0 Å². The summed E-state index contributed by atoms with van der Waals surface area (Å²) in [6, 6.07) is 0. The van der Waals surface area contributed by atoms with Crippen molar-refractivity contribution in [2.75, 3.05) is 0 Å². The standard InChI is InChI=1S/C5H8O2.Rh/c1-4(6)3-5(2)7;/h3,6H,1-2H3;/b4-3+;. The van der Waals surface area contributed by atoms with Crippen molar-refractivity contribution < 1.29 is 29.4 Å². The van der Waals surface area contributed by atoms with Gasteiger partial charge in [0, 0.05) is 25.6 Å². The monoisotopic (exact) mass is 203 g/mol. The van der Waals surface area contributed by atoms with E-state index < -0.39 is 0 Å². The van der Waals surface area contributed by atoms with Crippen LogP contribution < -0.4 is 0 Å². The number of hydrogen-bond acceptors (Lipinski definition) is 2. The third-order valence-electron chi connectivity index (χ3n) is 0.412. The van der Waals surface area contributed by atoms with E-state index in [1.807, 2.05) is 0 Å². The molecule has 0 heterocycles. The second-order valence-corrected chi connectivity index (χ2v) is 1.40. The molecule has 8 heavy (non-hydrogen) atoms. The van der Waals surface area contributed by atoms with Crippen LogP contribution in [-0.2, 0) is 24.3 Å². The molecule has 0 spiro atoms. The van der Waals surface area contributed by atoms with Crippen molar-refractivity contribution in [3.63, 3.8) is 0 Å². The molecule has 49 valence electrons. The molecule has 0 aliphatic rings. The topological polar surface area (TPSA) is 37.3 Å². The second kappa shape index (κ2) is 4.98. The van der Waals surface area contributed by atoms with Gasteiger partial charge in [0.25, 0.3) is 0 Å². The van der Waals surface area contributed by atoms with Crippen molar-refractivity contribution in [3.05, 3.63) is 11.8 Å². The van der Waals surface area contributed by atoms with Gasteiger partial charge in [-0.15, -0.1) is 0 Å². The van der Waals surface area contributed by atoms with Crippen molar-refractivity contribution in [1.29, 1.82) is 0 Å². The molecule has 0 aliphatic heterocycles. The Balaban J connectivity index is 0. The molecular weight excluding hydrogens is 195 g/mol. The fourth-order valence-electron chi connectivity index (χ4n) is 0.294. The van der Waals surface area contributed by atoms with Gasteiger partial charge in [-0.05, 0) is 13.8 Å². The maximum atomic E-state index is 10.0. The molecule has 1 radical (unpaired) electrons. The fraction of sp³-hybridized carbons (Fsp3) is 0.400. The number of hydrogen-bond donors (Lipinski definition) is 1. The van der Waals surface area contributed by atoms with E-state index in [-0.39, 0.29) is 31.0 Å². The van der Waals surface area contributed by atoms with Crippen LogP contribution in [0.25, 0.3) is 0 Å². The van der Waals surface area contributed by atoms with Gasteiger partial charge in [0.15, 0.2) is 5.78 Å². The summed E-state index contributed by atoms with van der Waals surface area (Å²) in [7, 11) is 0. The van der Waals surface area contributed by atoms with E-state index in [1.165, 1.54) is 19.9 Å². The molecular formula is C5H8O2Rh. The van der Waals surface area contributed by atoms with Gasteiger partial charge in [0.1, 0.15) is 0 Å². The SMILES string of the molecule is CC(=O)/C=C(\C)O.[Rh]. The van der Waals surface area contributed by atoms with E-state index in [0.717, 1.165) is 0 Å². The molecule has 0 unspecified atom stereocenters. The quantitative estimate of drug-likeness (QED) is 0.392. The second-order valence-electron chi connectivity index (χ2n) is 1.40. The van der Waals surface area contributed by atoms with Crippen molar-refractivity contribution in [2.45, 2.75) is 13.8 Å². The maximum absolute atomic E-state index is 10.0. The van der Waals surface area contributed by atoms with E-state index in [4.69, 9.17) is 5.11 Å². The van der Waals surface area contributed by atoms with Crippen LogP contribution in [0.3, 0.4) is 0 Å². The molecule has 0 saturated carbocycles. The molecule has 1 N–H and O–H groups in total. The van der Waals surface area contributed by atoms with Gasteiger partial charge in [-0.1, -0.05) is 0 Å². The molecule has 0 aromatic heterocycles. The smallest absolute Gasteiger partial charge is 0.155 e. The van der Waals surface area contributed by atoms with Crippen molar-refractivity contribution in [2.24, 2.45) is 0 Å². The first-order valence-corrected chi connectivity index (χ1v) is 2.01. The van der Waals surface area contributed by atoms with E-state index in [0.29, 0.717) is 0 Å². The molecule has 0 fully saturated rings. The van der Waals surface area contributed by atoms with Crippen LogP contribution in [0.4, 0.5) is 0 Å². The van der Waals surface area contributed by atoms with Gasteiger partial charge >= 0.3 is 0 Å². The molecule has 0 atom stereocenters. The Morgan fingerprint density at radius 1 is 1.50 bits per heavy atom. The molecule has 0 bridgehead atoms. The molecule has 0 aliphatic carbocycles. The number of carbonyl (C=O) groups excluding carboxylic acids is 1. The van der Waals surface area contributed by atoms with Crippen molar-refractivity contribution >= 4 is 5.78 Å². The van der Waals surface area contributed by atoms with Crippen LogP contribution in [-0.4, -0.2) is 10.9 Å². The predicted octanol–water partition coefficient (Wildman–Crippen LogP) is 1.03. The molecule has 0 aromatic rings. The zero-order valence-corrected chi connectivity index (χ0v) is 6.40. The Morgan fingerprint density at radius 2 is 1.88 bits per heavy atom. The van der Waals surface area contributed by atoms with Gasteiger partial charge < -0.3 is 5.11 Å². The number of rotatable bonds is 1. The number of carbonyl (C=O) groups is 1. The summed E-state index contributed by atoms with van der Waals surface area (Å²) < 4.78 is 0. The number of allylic oxidation sites excluding steroid dienone is 2. The minimum absolute atomic E-state index is 0. The van der Waals surface area contributed by atoms with Crippen LogP contribution in [0.5, 0.6) is 0 Å². The first-order chi connectivity index (χ1) is 3.13. The zero-order valence-electron chi connectivity index (χ0n) is 4.77. The summed E-state index contributed by atoms with van der Waals surface area (Å²) in [5, 5.41) is 8.36. The third kappa shape index (κ3) is 9.27. The summed E-state index contributed by atoms with van der Waals surface area (Å²) in [6.07, 6.45) is 1.17. The summed E-state index contributed by atoms with van der Waals surface area (Å²) in [5.41, 5.74) is 0. The molecule has 0 saturated heterocycles. The van der Waals surface area contributed by atoms with Gasteiger partial charge in [-0.25, -0.2) is 0 Å². The van der Waals surface area contributed by atoms with Gasteiger partial charge in [0.05, 0.1) is 5.76 Å². The Hall–Kier alpha value is -0.167. The fourth-order valence-corrected chi connectivity index (χ4v) is 0.294. The molecule has 3 heteroatoms. The Bertz CT molecular complexity index is 103. The predicted molar refractivity (Wildman–Crippen MR) is 27.1 cm³/mol. The minimum Gasteiger partial charge on any atom is -0.512 e. The number of aliphatic hydroxyl groups is 1. The normalized spacial score (nSPS) is 10.0. The molecule has 2 nitrogen and oxygen atoms in total. The third-order valence-corrected chi connectivity index (χ3v) is 0.412. The number of ketones is 1. The van der Waals surface area contributed by atoms with Crippen molar-refractivity contribution in [3.8, 4) is 0 Å². The van der Waals surface area contributed by atoms with Crippen LogP contribution >= 0.6 is 0 Å². The summed E-state index contributed by atoms with van der Waals surface area (Å²) >= 11 is 0. The summed E-state index contributed by atoms with van der Waals surface area (Å²) in [6.45, 7) is 2.85.